The van der Waals surface area contributed by atoms with Crippen molar-refractivity contribution in [2.75, 3.05) is 13.1 Å². The molecule has 2 saturated heterocycles. The molecule has 1 aromatic heterocycles. The van der Waals surface area contributed by atoms with E-state index in [0.717, 1.165) is 56.0 Å². The Labute approximate surface area is 185 Å². The normalized spacial score (nSPS) is 43.7. The van der Waals surface area contributed by atoms with E-state index in [0.29, 0.717) is 5.92 Å². The first-order valence-corrected chi connectivity index (χ1v) is 12.5. The van der Waals surface area contributed by atoms with Gasteiger partial charge in [0.2, 0.25) is 0 Å². The molecule has 5 aliphatic rings. The first-order chi connectivity index (χ1) is 14.8. The smallest absolute Gasteiger partial charge is 0.314 e. The summed E-state index contributed by atoms with van der Waals surface area (Å²) in [5, 5.41) is 11.5. The molecule has 6 rings (SSSR count). The Morgan fingerprint density at radius 3 is 2.68 bits per heavy atom. The van der Waals surface area contributed by atoms with Crippen LogP contribution in [0.2, 0.25) is 0 Å². The lowest BCUT2D eigenvalue weighted by molar-refractivity contribution is -0.203. The second kappa shape index (κ2) is 6.84. The maximum Gasteiger partial charge on any atom is 0.314 e. The van der Waals surface area contributed by atoms with Gasteiger partial charge < -0.3 is 14.3 Å². The molecule has 0 aromatic carbocycles. The highest BCUT2D eigenvalue weighted by atomic mass is 16.6. The summed E-state index contributed by atoms with van der Waals surface area (Å²) in [5.74, 6) is 2.13. The van der Waals surface area contributed by atoms with Crippen LogP contribution in [0.4, 0.5) is 0 Å². The van der Waals surface area contributed by atoms with Gasteiger partial charge >= 0.3 is 5.97 Å². The van der Waals surface area contributed by atoms with E-state index in [9.17, 15) is 9.90 Å². The van der Waals surface area contributed by atoms with Gasteiger partial charge in [0.1, 0.15) is 17.6 Å². The molecule has 5 heteroatoms. The summed E-state index contributed by atoms with van der Waals surface area (Å²) in [7, 11) is 0. The van der Waals surface area contributed by atoms with Crippen LogP contribution in [-0.2, 0) is 22.5 Å². The predicted molar refractivity (Wildman–Crippen MR) is 116 cm³/mol. The van der Waals surface area contributed by atoms with Gasteiger partial charge in [0.15, 0.2) is 0 Å². The molecule has 7 atom stereocenters. The standard InChI is InChI=1S/C26H37NO4/c1-25(2)8-7-9-26(3)17-13-18-16(12-15(30-18)14-27-10-5-4-6-11-27)19-20(17)22(31-24(19)29)21(28)23(25)26/h12,17,19-23,28H,4-11,13-14H2,1-3H3/t17?,19-,20?,21+,22-,23?,26-/m1/s1. The van der Waals surface area contributed by atoms with Gasteiger partial charge in [-0.05, 0) is 67.5 Å². The van der Waals surface area contributed by atoms with Crippen LogP contribution in [-0.4, -0.2) is 41.3 Å². The molecule has 0 radical (unpaired) electrons. The lowest BCUT2D eigenvalue weighted by atomic mass is 9.42. The third kappa shape index (κ3) is 2.84. The fourth-order valence-electron chi connectivity index (χ4n) is 8.66. The molecule has 3 unspecified atom stereocenters. The van der Waals surface area contributed by atoms with Gasteiger partial charge in [0.25, 0.3) is 0 Å². The molecule has 3 aliphatic carbocycles. The Bertz CT molecular complexity index is 884. The van der Waals surface area contributed by atoms with Crippen LogP contribution in [0.1, 0.15) is 82.3 Å². The van der Waals surface area contributed by atoms with Crippen molar-refractivity contribution in [3.05, 3.63) is 23.2 Å². The van der Waals surface area contributed by atoms with E-state index in [2.05, 4.69) is 31.7 Å². The van der Waals surface area contributed by atoms with Gasteiger partial charge in [-0.3, -0.25) is 9.69 Å². The zero-order valence-electron chi connectivity index (χ0n) is 19.2. The summed E-state index contributed by atoms with van der Waals surface area (Å²) in [6.45, 7) is 10.1. The molecule has 4 fully saturated rings. The number of hydrogen-bond acceptors (Lipinski definition) is 5. The summed E-state index contributed by atoms with van der Waals surface area (Å²) in [4.78, 5) is 15.6. The van der Waals surface area contributed by atoms with Crippen LogP contribution >= 0.6 is 0 Å². The second-order valence-corrected chi connectivity index (χ2v) is 12.0. The lowest BCUT2D eigenvalue weighted by Gasteiger charge is -2.62. The number of carbonyl (C=O) groups excluding carboxylic acids is 1. The number of aliphatic hydroxyl groups is 1. The van der Waals surface area contributed by atoms with Gasteiger partial charge in [-0.2, -0.15) is 0 Å². The molecule has 0 amide bonds. The first kappa shape index (κ1) is 20.3. The van der Waals surface area contributed by atoms with Crippen molar-refractivity contribution < 1.29 is 19.1 Å². The number of rotatable bonds is 2. The molecule has 1 N–H and O–H groups in total. The number of furan rings is 1. The molecule has 31 heavy (non-hydrogen) atoms. The molecule has 0 spiro atoms. The number of carbonyl (C=O) groups is 1. The maximum absolute atomic E-state index is 13.1. The van der Waals surface area contributed by atoms with Gasteiger partial charge in [-0.25, -0.2) is 0 Å². The summed E-state index contributed by atoms with van der Waals surface area (Å²) in [5.41, 5.74) is 1.10. The monoisotopic (exact) mass is 427 g/mol. The number of piperidine rings is 1. The molecule has 0 bridgehead atoms. The molecule has 3 heterocycles. The third-order valence-corrected chi connectivity index (χ3v) is 9.81. The summed E-state index contributed by atoms with van der Waals surface area (Å²) >= 11 is 0. The van der Waals surface area contributed by atoms with E-state index in [1.807, 2.05) is 0 Å². The summed E-state index contributed by atoms with van der Waals surface area (Å²) < 4.78 is 12.4. The Morgan fingerprint density at radius 2 is 1.90 bits per heavy atom. The molecule has 5 nitrogen and oxygen atoms in total. The molecular weight excluding hydrogens is 390 g/mol. The average molecular weight is 428 g/mol. The second-order valence-electron chi connectivity index (χ2n) is 12.0. The van der Waals surface area contributed by atoms with Crippen molar-refractivity contribution in [2.24, 2.45) is 28.6 Å². The lowest BCUT2D eigenvalue weighted by Crippen LogP contribution is -2.63. The zero-order chi connectivity index (χ0) is 21.5. The third-order valence-electron chi connectivity index (χ3n) is 9.81. The van der Waals surface area contributed by atoms with Gasteiger partial charge in [0, 0.05) is 17.9 Å². The highest BCUT2D eigenvalue weighted by Gasteiger charge is 2.68. The quantitative estimate of drug-likeness (QED) is 0.714. The van der Waals surface area contributed by atoms with E-state index >= 15 is 0 Å². The maximum atomic E-state index is 13.1. The highest BCUT2D eigenvalue weighted by Crippen LogP contribution is 2.67. The summed E-state index contributed by atoms with van der Waals surface area (Å²) in [6.07, 6.45) is 7.20. The zero-order valence-corrected chi connectivity index (χ0v) is 19.2. The number of ether oxygens (including phenoxy) is 1. The van der Waals surface area contributed by atoms with Crippen molar-refractivity contribution in [3.8, 4) is 0 Å². The number of fused-ring (bicyclic) bond motifs is 4. The van der Waals surface area contributed by atoms with Gasteiger partial charge in [-0.15, -0.1) is 0 Å². The first-order valence-electron chi connectivity index (χ1n) is 12.5. The van der Waals surface area contributed by atoms with E-state index in [4.69, 9.17) is 9.15 Å². The summed E-state index contributed by atoms with van der Waals surface area (Å²) in [6, 6.07) is 2.14. The van der Waals surface area contributed by atoms with Crippen LogP contribution < -0.4 is 0 Å². The van der Waals surface area contributed by atoms with E-state index in [-0.39, 0.29) is 40.7 Å². The molecule has 1 aromatic rings. The minimum atomic E-state index is -0.572. The number of hydrogen-bond donors (Lipinski definition) is 1. The van der Waals surface area contributed by atoms with Crippen LogP contribution in [0, 0.1) is 28.6 Å². The minimum absolute atomic E-state index is 0.00603. The SMILES string of the molecule is CC1(C)CCC[C@]2(C)C3Cc4oc(CN5CCCCC5)cc4[C@H]4C(=O)O[C@H](C34)[C@H](O)C12. The van der Waals surface area contributed by atoms with Gasteiger partial charge in [0.05, 0.1) is 18.6 Å². The Hall–Kier alpha value is -1.33. The van der Waals surface area contributed by atoms with Crippen LogP contribution in [0.25, 0.3) is 0 Å². The topological polar surface area (TPSA) is 62.9 Å². The highest BCUT2D eigenvalue weighted by molar-refractivity contribution is 5.82. The number of esters is 1. The van der Waals surface area contributed by atoms with Crippen molar-refractivity contribution in [3.63, 3.8) is 0 Å². The van der Waals surface area contributed by atoms with Crippen molar-refractivity contribution in [1.29, 1.82) is 0 Å². The predicted octanol–water partition coefficient (Wildman–Crippen LogP) is 4.27. The molecular formula is C26H37NO4. The van der Waals surface area contributed by atoms with Crippen LogP contribution in [0.5, 0.6) is 0 Å². The Balaban J connectivity index is 1.39. The van der Waals surface area contributed by atoms with Crippen LogP contribution in [0.15, 0.2) is 10.5 Å². The fraction of sp³-hybridized carbons (Fsp3) is 0.808. The number of aliphatic hydroxyl groups excluding tert-OH is 1. The van der Waals surface area contributed by atoms with E-state index in [1.165, 1.54) is 25.7 Å². The largest absolute Gasteiger partial charge is 0.464 e. The van der Waals surface area contributed by atoms with Crippen molar-refractivity contribution in [1.82, 2.24) is 4.90 Å². The number of likely N-dealkylation sites (tertiary alicyclic amines) is 1. The van der Waals surface area contributed by atoms with E-state index < -0.39 is 6.10 Å². The van der Waals surface area contributed by atoms with Crippen LogP contribution in [0.3, 0.4) is 0 Å². The average Bonchev–Trinajstić information content (AvgIpc) is 3.27. The number of nitrogens with zero attached hydrogens (tertiary/aromatic N) is 1. The van der Waals surface area contributed by atoms with E-state index in [1.54, 1.807) is 0 Å². The van der Waals surface area contributed by atoms with Crippen molar-refractivity contribution in [2.45, 2.75) is 90.4 Å². The minimum Gasteiger partial charge on any atom is -0.464 e. The molecule has 170 valence electrons. The Morgan fingerprint density at radius 1 is 1.13 bits per heavy atom. The molecule has 2 saturated carbocycles. The Kier molecular flexibility index (Phi) is 4.47. The van der Waals surface area contributed by atoms with Crippen molar-refractivity contribution >= 4 is 5.97 Å². The van der Waals surface area contributed by atoms with Gasteiger partial charge in [-0.1, -0.05) is 33.6 Å². The fourth-order valence-corrected chi connectivity index (χ4v) is 8.66. The molecule has 2 aliphatic heterocycles.